The smallest absolute Gasteiger partial charge is 0.308 e. The molecule has 0 aromatic carbocycles. The lowest BCUT2D eigenvalue weighted by molar-refractivity contribution is -0.148. The van der Waals surface area contributed by atoms with Crippen molar-refractivity contribution in [1.82, 2.24) is 0 Å². The Balaban J connectivity index is 2.65. The maximum Gasteiger partial charge on any atom is 0.308 e. The van der Waals surface area contributed by atoms with E-state index in [-0.39, 0.29) is 11.9 Å². The van der Waals surface area contributed by atoms with Crippen molar-refractivity contribution in [2.24, 2.45) is 11.8 Å². The summed E-state index contributed by atoms with van der Waals surface area (Å²) in [6.07, 6.45) is 9.46. The van der Waals surface area contributed by atoms with Crippen LogP contribution < -0.4 is 0 Å². The summed E-state index contributed by atoms with van der Waals surface area (Å²) in [6, 6.07) is 2.19. The summed E-state index contributed by atoms with van der Waals surface area (Å²) in [5, 5.41) is 8.69. The zero-order chi connectivity index (χ0) is 12.5. The quantitative estimate of drug-likeness (QED) is 0.706. The van der Waals surface area contributed by atoms with Gasteiger partial charge in [-0.25, -0.2) is 0 Å². The van der Waals surface area contributed by atoms with Gasteiger partial charge in [-0.15, -0.1) is 0 Å². The predicted molar refractivity (Wildman–Crippen MR) is 66.2 cm³/mol. The zero-order valence-electron chi connectivity index (χ0n) is 10.8. The van der Waals surface area contributed by atoms with Crippen molar-refractivity contribution >= 4 is 5.97 Å². The molecule has 0 bridgehead atoms. The van der Waals surface area contributed by atoms with Gasteiger partial charge in [0, 0.05) is 6.42 Å². The van der Waals surface area contributed by atoms with Gasteiger partial charge in [0.1, 0.15) is 0 Å². The Hall–Kier alpha value is -1.04. The van der Waals surface area contributed by atoms with Gasteiger partial charge in [0.2, 0.25) is 0 Å². The number of hydrogen-bond donors (Lipinski definition) is 0. The lowest BCUT2D eigenvalue weighted by Crippen LogP contribution is -2.25. The molecule has 1 saturated carbocycles. The molecule has 1 aliphatic rings. The van der Waals surface area contributed by atoms with E-state index >= 15 is 0 Å². The number of methoxy groups -OCH3 is 1. The number of hydrogen-bond acceptors (Lipinski definition) is 3. The summed E-state index contributed by atoms with van der Waals surface area (Å²) in [4.78, 5) is 11.8. The van der Waals surface area contributed by atoms with Crippen molar-refractivity contribution in [2.45, 2.75) is 57.8 Å². The van der Waals surface area contributed by atoms with Gasteiger partial charge in [0.15, 0.2) is 0 Å². The van der Waals surface area contributed by atoms with Gasteiger partial charge in [-0.3, -0.25) is 4.79 Å². The third-order valence-electron chi connectivity index (χ3n) is 3.79. The fourth-order valence-corrected chi connectivity index (χ4v) is 2.80. The molecule has 1 fully saturated rings. The number of carbonyl (C=O) groups is 1. The average molecular weight is 237 g/mol. The van der Waals surface area contributed by atoms with Crippen LogP contribution in [-0.4, -0.2) is 13.1 Å². The van der Waals surface area contributed by atoms with Crippen LogP contribution in [-0.2, 0) is 9.53 Å². The molecule has 2 atom stereocenters. The minimum atomic E-state index is -0.0742. The first kappa shape index (κ1) is 14.0. The molecule has 1 aliphatic carbocycles. The fourth-order valence-electron chi connectivity index (χ4n) is 2.80. The third kappa shape index (κ3) is 4.77. The largest absolute Gasteiger partial charge is 0.469 e. The van der Waals surface area contributed by atoms with Gasteiger partial charge in [0.25, 0.3) is 0 Å². The molecule has 0 spiro atoms. The minimum Gasteiger partial charge on any atom is -0.469 e. The van der Waals surface area contributed by atoms with E-state index in [0.717, 1.165) is 25.7 Å². The lowest BCUT2D eigenvalue weighted by atomic mass is 9.82. The normalized spacial score (nSPS) is 26.1. The van der Waals surface area contributed by atoms with Crippen molar-refractivity contribution in [3.05, 3.63) is 0 Å². The molecule has 0 amide bonds. The molecule has 2 unspecified atom stereocenters. The maximum absolute atomic E-state index is 11.8. The topological polar surface area (TPSA) is 50.1 Å². The maximum atomic E-state index is 11.8. The van der Waals surface area contributed by atoms with Crippen molar-refractivity contribution in [1.29, 1.82) is 5.26 Å². The molecule has 0 aliphatic heterocycles. The average Bonchev–Trinajstić information content (AvgIpc) is 2.47. The summed E-state index contributed by atoms with van der Waals surface area (Å²) in [5.41, 5.74) is 0. The number of carbonyl (C=O) groups excluding carboxylic acids is 1. The van der Waals surface area contributed by atoms with Crippen LogP contribution in [0.4, 0.5) is 0 Å². The van der Waals surface area contributed by atoms with Crippen LogP contribution in [0.5, 0.6) is 0 Å². The number of nitrogens with zero attached hydrogens (tertiary/aromatic N) is 1. The monoisotopic (exact) mass is 237 g/mol. The first-order chi connectivity index (χ1) is 8.29. The second kappa shape index (κ2) is 8.11. The van der Waals surface area contributed by atoms with Crippen LogP contribution in [0.2, 0.25) is 0 Å². The Bertz CT molecular complexity index is 270. The van der Waals surface area contributed by atoms with Crippen LogP contribution in [0, 0.1) is 23.2 Å². The van der Waals surface area contributed by atoms with Gasteiger partial charge < -0.3 is 4.74 Å². The van der Waals surface area contributed by atoms with Crippen molar-refractivity contribution in [3.63, 3.8) is 0 Å². The van der Waals surface area contributed by atoms with Crippen molar-refractivity contribution < 1.29 is 9.53 Å². The Morgan fingerprint density at radius 1 is 1.24 bits per heavy atom. The molecule has 17 heavy (non-hydrogen) atoms. The lowest BCUT2D eigenvalue weighted by Gasteiger charge is -2.23. The number of ether oxygens (including phenoxy) is 1. The van der Waals surface area contributed by atoms with E-state index in [1.54, 1.807) is 0 Å². The van der Waals surface area contributed by atoms with Crippen molar-refractivity contribution in [2.75, 3.05) is 7.11 Å². The van der Waals surface area contributed by atoms with Gasteiger partial charge in [-0.2, -0.15) is 5.26 Å². The van der Waals surface area contributed by atoms with Crippen LogP contribution >= 0.6 is 0 Å². The molecule has 96 valence electrons. The first-order valence-corrected chi connectivity index (χ1v) is 6.74. The highest BCUT2D eigenvalue weighted by molar-refractivity contribution is 5.72. The summed E-state index contributed by atoms with van der Waals surface area (Å²) in [6.45, 7) is 0. The number of esters is 1. The third-order valence-corrected chi connectivity index (χ3v) is 3.79. The summed E-state index contributed by atoms with van der Waals surface area (Å²) in [5.74, 6) is 0.293. The van der Waals surface area contributed by atoms with E-state index in [9.17, 15) is 4.79 Å². The zero-order valence-corrected chi connectivity index (χ0v) is 10.8. The molecule has 0 heterocycles. The van der Waals surface area contributed by atoms with Gasteiger partial charge in [-0.1, -0.05) is 32.1 Å². The molecular formula is C14H23NO2. The Labute approximate surface area is 104 Å². The van der Waals surface area contributed by atoms with Gasteiger partial charge >= 0.3 is 5.97 Å². The van der Waals surface area contributed by atoms with Crippen LogP contribution in [0.25, 0.3) is 0 Å². The Kier molecular flexibility index (Phi) is 6.69. The van der Waals surface area contributed by atoms with Gasteiger partial charge in [-0.05, 0) is 25.2 Å². The Morgan fingerprint density at radius 3 is 2.53 bits per heavy atom. The van der Waals surface area contributed by atoms with Crippen LogP contribution in [0.3, 0.4) is 0 Å². The SMILES string of the molecule is COC(=O)C1CCCCCCCC1CCC#N. The molecule has 3 nitrogen and oxygen atoms in total. The van der Waals surface area contributed by atoms with E-state index < -0.39 is 0 Å². The molecule has 0 aromatic rings. The molecule has 0 aromatic heterocycles. The molecule has 3 heteroatoms. The van der Waals surface area contributed by atoms with Gasteiger partial charge in [0.05, 0.1) is 19.1 Å². The highest BCUT2D eigenvalue weighted by Crippen LogP contribution is 2.31. The second-order valence-corrected chi connectivity index (χ2v) is 4.93. The summed E-state index contributed by atoms with van der Waals surface area (Å²) in [7, 11) is 1.47. The van der Waals surface area contributed by atoms with E-state index in [0.29, 0.717) is 12.3 Å². The van der Waals surface area contributed by atoms with E-state index in [4.69, 9.17) is 10.00 Å². The highest BCUT2D eigenvalue weighted by atomic mass is 16.5. The standard InChI is InChI=1S/C14H23NO2/c1-17-14(16)13-10-6-4-2-3-5-8-12(13)9-7-11-15/h12-13H,2-10H2,1H3. The van der Waals surface area contributed by atoms with E-state index in [1.807, 2.05) is 0 Å². The predicted octanol–water partition coefficient (Wildman–Crippen LogP) is 3.44. The van der Waals surface area contributed by atoms with E-state index in [1.165, 1.54) is 32.8 Å². The number of rotatable bonds is 3. The number of nitriles is 1. The van der Waals surface area contributed by atoms with Crippen molar-refractivity contribution in [3.8, 4) is 6.07 Å². The van der Waals surface area contributed by atoms with Crippen LogP contribution in [0.1, 0.15) is 57.8 Å². The molecule has 0 saturated heterocycles. The molecular weight excluding hydrogens is 214 g/mol. The highest BCUT2D eigenvalue weighted by Gasteiger charge is 2.28. The first-order valence-electron chi connectivity index (χ1n) is 6.74. The molecule has 1 rings (SSSR count). The minimum absolute atomic E-state index is 0.0199. The fraction of sp³-hybridized carbons (Fsp3) is 0.857. The second-order valence-electron chi connectivity index (χ2n) is 4.93. The summed E-state index contributed by atoms with van der Waals surface area (Å²) >= 11 is 0. The summed E-state index contributed by atoms with van der Waals surface area (Å²) < 4.78 is 4.92. The Morgan fingerprint density at radius 2 is 1.88 bits per heavy atom. The van der Waals surface area contributed by atoms with Crippen LogP contribution in [0.15, 0.2) is 0 Å². The molecule has 0 N–H and O–H groups in total. The van der Waals surface area contributed by atoms with E-state index in [2.05, 4.69) is 6.07 Å². The molecule has 0 radical (unpaired) electrons.